The van der Waals surface area contributed by atoms with Crippen LogP contribution in [0.2, 0.25) is 0 Å². The highest BCUT2D eigenvalue weighted by molar-refractivity contribution is 5.92. The molecule has 0 aliphatic carbocycles. The molecule has 0 saturated carbocycles. The van der Waals surface area contributed by atoms with E-state index in [0.717, 1.165) is 17.0 Å². The first kappa shape index (κ1) is 17.4. The summed E-state index contributed by atoms with van der Waals surface area (Å²) in [6, 6.07) is 0. The summed E-state index contributed by atoms with van der Waals surface area (Å²) in [5.74, 6) is 0.176. The van der Waals surface area contributed by atoms with Gasteiger partial charge in [-0.25, -0.2) is 0 Å². The van der Waals surface area contributed by atoms with Gasteiger partial charge in [-0.2, -0.15) is 5.10 Å². The zero-order chi connectivity index (χ0) is 16.2. The summed E-state index contributed by atoms with van der Waals surface area (Å²) in [4.78, 5) is 11.8. The molecular formula is C16H27N3O2. The highest BCUT2D eigenvalue weighted by atomic mass is 16.3. The predicted octanol–water partition coefficient (Wildman–Crippen LogP) is 1.96. The SMILES string of the molecule is Cc1nn(C)c(C)c1C=CC(=O)NCC(C)(O)CC(C)C. The van der Waals surface area contributed by atoms with E-state index in [9.17, 15) is 9.90 Å². The van der Waals surface area contributed by atoms with Crippen molar-refractivity contribution in [1.29, 1.82) is 0 Å². The number of amides is 1. The Morgan fingerprint density at radius 2 is 2.10 bits per heavy atom. The topological polar surface area (TPSA) is 67.2 Å². The molecular weight excluding hydrogens is 266 g/mol. The molecule has 21 heavy (non-hydrogen) atoms. The molecule has 1 unspecified atom stereocenters. The molecule has 5 heteroatoms. The molecule has 0 bridgehead atoms. The van der Waals surface area contributed by atoms with Gasteiger partial charge in [0, 0.05) is 30.9 Å². The Kier molecular flexibility index (Phi) is 5.72. The van der Waals surface area contributed by atoms with Gasteiger partial charge in [-0.05, 0) is 39.2 Å². The molecule has 0 radical (unpaired) electrons. The zero-order valence-electron chi connectivity index (χ0n) is 13.9. The average Bonchev–Trinajstić information content (AvgIpc) is 2.57. The second-order valence-corrected chi connectivity index (χ2v) is 6.35. The first-order chi connectivity index (χ1) is 9.62. The van der Waals surface area contributed by atoms with Crippen LogP contribution in [0, 0.1) is 19.8 Å². The van der Waals surface area contributed by atoms with E-state index in [2.05, 4.69) is 10.4 Å². The standard InChI is InChI=1S/C16H27N3O2/c1-11(2)9-16(5,21)10-17-15(20)8-7-14-12(3)18-19(6)13(14)4/h7-8,11,21H,9-10H2,1-6H3,(H,17,20). The lowest BCUT2D eigenvalue weighted by Gasteiger charge is -2.25. The van der Waals surface area contributed by atoms with E-state index in [4.69, 9.17) is 0 Å². The van der Waals surface area contributed by atoms with Gasteiger partial charge < -0.3 is 10.4 Å². The number of carbonyl (C=O) groups is 1. The maximum absolute atomic E-state index is 11.8. The molecule has 0 saturated heterocycles. The molecule has 0 aromatic carbocycles. The van der Waals surface area contributed by atoms with Crippen LogP contribution in [0.15, 0.2) is 6.08 Å². The van der Waals surface area contributed by atoms with Gasteiger partial charge >= 0.3 is 0 Å². The van der Waals surface area contributed by atoms with Gasteiger partial charge in [-0.1, -0.05) is 13.8 Å². The molecule has 1 rings (SSSR count). The number of hydrogen-bond acceptors (Lipinski definition) is 3. The van der Waals surface area contributed by atoms with E-state index < -0.39 is 5.60 Å². The number of nitrogens with one attached hydrogen (secondary N) is 1. The van der Waals surface area contributed by atoms with Gasteiger partial charge in [0.1, 0.15) is 0 Å². The van der Waals surface area contributed by atoms with Crippen LogP contribution in [0.4, 0.5) is 0 Å². The number of hydrogen-bond donors (Lipinski definition) is 2. The number of aromatic nitrogens is 2. The maximum atomic E-state index is 11.8. The Hall–Kier alpha value is -1.62. The Balaban J connectivity index is 2.60. The van der Waals surface area contributed by atoms with Crippen LogP contribution in [0.1, 0.15) is 44.1 Å². The summed E-state index contributed by atoms with van der Waals surface area (Å²) in [6.07, 6.45) is 3.91. The number of carbonyl (C=O) groups excluding carboxylic acids is 1. The lowest BCUT2D eigenvalue weighted by atomic mass is 9.94. The van der Waals surface area contributed by atoms with Gasteiger partial charge in [-0.3, -0.25) is 9.48 Å². The van der Waals surface area contributed by atoms with E-state index in [1.807, 2.05) is 34.7 Å². The fourth-order valence-corrected chi connectivity index (χ4v) is 2.48. The summed E-state index contributed by atoms with van der Waals surface area (Å²) in [6.45, 7) is 9.96. The van der Waals surface area contributed by atoms with Crippen molar-refractivity contribution >= 4 is 12.0 Å². The minimum Gasteiger partial charge on any atom is -0.388 e. The average molecular weight is 293 g/mol. The summed E-state index contributed by atoms with van der Waals surface area (Å²) >= 11 is 0. The number of rotatable bonds is 6. The lowest BCUT2D eigenvalue weighted by molar-refractivity contribution is -0.117. The van der Waals surface area contributed by atoms with E-state index in [0.29, 0.717) is 12.3 Å². The van der Waals surface area contributed by atoms with Gasteiger partial charge in [0.05, 0.1) is 11.3 Å². The molecule has 0 aliphatic rings. The minimum atomic E-state index is -0.877. The van der Waals surface area contributed by atoms with E-state index in [1.165, 1.54) is 6.08 Å². The highest BCUT2D eigenvalue weighted by Crippen LogP contribution is 2.15. The molecule has 1 aromatic heterocycles. The van der Waals surface area contributed by atoms with Gasteiger partial charge in [0.25, 0.3) is 0 Å². The van der Waals surface area contributed by atoms with Crippen molar-refractivity contribution in [2.45, 2.75) is 46.6 Å². The van der Waals surface area contributed by atoms with E-state index in [1.54, 1.807) is 17.7 Å². The normalized spacial score (nSPS) is 14.7. The third kappa shape index (κ3) is 5.34. The lowest BCUT2D eigenvalue weighted by Crippen LogP contribution is -2.40. The molecule has 5 nitrogen and oxygen atoms in total. The molecule has 2 N–H and O–H groups in total. The van der Waals surface area contributed by atoms with Crippen LogP contribution < -0.4 is 5.32 Å². The third-order valence-electron chi connectivity index (χ3n) is 3.46. The molecule has 0 spiro atoms. The Morgan fingerprint density at radius 1 is 1.48 bits per heavy atom. The van der Waals surface area contributed by atoms with Crippen molar-refractivity contribution < 1.29 is 9.90 Å². The van der Waals surface area contributed by atoms with Gasteiger partial charge in [0.2, 0.25) is 5.91 Å². The fourth-order valence-electron chi connectivity index (χ4n) is 2.48. The molecule has 1 amide bonds. The summed E-state index contributed by atoms with van der Waals surface area (Å²) in [7, 11) is 1.88. The van der Waals surface area contributed by atoms with Crippen LogP contribution in [-0.2, 0) is 11.8 Å². The van der Waals surface area contributed by atoms with Crippen molar-refractivity contribution in [2.75, 3.05) is 6.54 Å². The van der Waals surface area contributed by atoms with Crippen LogP contribution in [0.25, 0.3) is 6.08 Å². The number of nitrogens with zero attached hydrogens (tertiary/aromatic N) is 2. The fraction of sp³-hybridized carbons (Fsp3) is 0.625. The van der Waals surface area contributed by atoms with Crippen LogP contribution in [0.3, 0.4) is 0 Å². The predicted molar refractivity (Wildman–Crippen MR) is 84.8 cm³/mol. The minimum absolute atomic E-state index is 0.207. The van der Waals surface area contributed by atoms with Gasteiger partial charge in [0.15, 0.2) is 0 Å². The molecule has 1 atom stereocenters. The van der Waals surface area contributed by atoms with Crippen molar-refractivity contribution in [3.63, 3.8) is 0 Å². The van der Waals surface area contributed by atoms with Crippen LogP contribution in [0.5, 0.6) is 0 Å². The second kappa shape index (κ2) is 6.89. The van der Waals surface area contributed by atoms with Gasteiger partial charge in [-0.15, -0.1) is 0 Å². The Bertz CT molecular complexity index is 528. The number of aliphatic hydroxyl groups is 1. The summed E-state index contributed by atoms with van der Waals surface area (Å²) < 4.78 is 1.79. The Labute approximate surface area is 127 Å². The third-order valence-corrected chi connectivity index (χ3v) is 3.46. The summed E-state index contributed by atoms with van der Waals surface area (Å²) in [5.41, 5.74) is 1.99. The first-order valence-corrected chi connectivity index (χ1v) is 7.31. The number of aryl methyl sites for hydroxylation is 2. The van der Waals surface area contributed by atoms with Crippen molar-refractivity contribution in [3.05, 3.63) is 23.0 Å². The molecule has 1 aromatic rings. The summed E-state index contributed by atoms with van der Waals surface area (Å²) in [5, 5.41) is 17.2. The monoisotopic (exact) mass is 293 g/mol. The quantitative estimate of drug-likeness (QED) is 0.788. The largest absolute Gasteiger partial charge is 0.388 e. The van der Waals surface area contributed by atoms with Crippen LogP contribution in [-0.4, -0.2) is 32.9 Å². The molecule has 0 aliphatic heterocycles. The van der Waals surface area contributed by atoms with Crippen LogP contribution >= 0.6 is 0 Å². The molecule has 118 valence electrons. The second-order valence-electron chi connectivity index (χ2n) is 6.35. The smallest absolute Gasteiger partial charge is 0.244 e. The van der Waals surface area contributed by atoms with Crippen molar-refractivity contribution in [2.24, 2.45) is 13.0 Å². The van der Waals surface area contributed by atoms with E-state index >= 15 is 0 Å². The van der Waals surface area contributed by atoms with E-state index in [-0.39, 0.29) is 12.5 Å². The Morgan fingerprint density at radius 3 is 2.57 bits per heavy atom. The van der Waals surface area contributed by atoms with Crippen molar-refractivity contribution in [1.82, 2.24) is 15.1 Å². The van der Waals surface area contributed by atoms with Crippen molar-refractivity contribution in [3.8, 4) is 0 Å². The zero-order valence-corrected chi connectivity index (χ0v) is 13.9. The molecule has 1 heterocycles. The molecule has 0 fully saturated rings. The highest BCUT2D eigenvalue weighted by Gasteiger charge is 2.22. The maximum Gasteiger partial charge on any atom is 0.244 e. The first-order valence-electron chi connectivity index (χ1n) is 7.31.